The number of aromatic nitrogens is 3. The van der Waals surface area contributed by atoms with Gasteiger partial charge in [0.15, 0.2) is 6.10 Å². The Balaban J connectivity index is 1.50. The lowest BCUT2D eigenvalue weighted by Gasteiger charge is -2.23. The van der Waals surface area contributed by atoms with E-state index in [1.807, 2.05) is 30.3 Å². The zero-order valence-electron chi connectivity index (χ0n) is 19.6. The highest BCUT2D eigenvalue weighted by Crippen LogP contribution is 2.36. The number of esters is 1. The van der Waals surface area contributed by atoms with Gasteiger partial charge in [0.1, 0.15) is 5.82 Å². The molecule has 0 bridgehead atoms. The van der Waals surface area contributed by atoms with E-state index in [0.29, 0.717) is 22.9 Å². The summed E-state index contributed by atoms with van der Waals surface area (Å²) < 4.78 is 19.0. The summed E-state index contributed by atoms with van der Waals surface area (Å²) >= 11 is 0. The molecule has 0 saturated heterocycles. The minimum Gasteiger partial charge on any atom is -0.449 e. The number of hydrogen-bond acceptors (Lipinski definition) is 6. The first-order valence-corrected chi connectivity index (χ1v) is 11.7. The SMILES string of the molecule is CC(OC(=O)c1c2c(nc3ccccc13)C(=Cc1ccc(F)cc1)CCC2)C(=O)Nc1ncccn1. The van der Waals surface area contributed by atoms with Crippen LogP contribution < -0.4 is 5.32 Å². The Bertz CT molecular complexity index is 1470. The van der Waals surface area contributed by atoms with E-state index in [2.05, 4.69) is 15.3 Å². The molecule has 0 radical (unpaired) electrons. The Morgan fingerprint density at radius 2 is 1.78 bits per heavy atom. The number of fused-ring (bicyclic) bond motifs is 2. The number of nitrogens with zero attached hydrogens (tertiary/aromatic N) is 3. The van der Waals surface area contributed by atoms with Crippen LogP contribution >= 0.6 is 0 Å². The molecule has 4 aromatic rings. The molecule has 8 heteroatoms. The third-order valence-electron chi connectivity index (χ3n) is 6.04. The van der Waals surface area contributed by atoms with Gasteiger partial charge in [-0.3, -0.25) is 10.1 Å². The number of rotatable bonds is 5. The average Bonchev–Trinajstić information content (AvgIpc) is 2.89. The Kier molecular flexibility index (Phi) is 6.49. The number of hydrogen-bond donors (Lipinski definition) is 1. The number of carbonyl (C=O) groups excluding carboxylic acids is 2. The zero-order valence-corrected chi connectivity index (χ0v) is 19.6. The van der Waals surface area contributed by atoms with Crippen molar-refractivity contribution in [1.29, 1.82) is 0 Å². The van der Waals surface area contributed by atoms with Gasteiger partial charge in [-0.2, -0.15) is 0 Å². The van der Waals surface area contributed by atoms with Gasteiger partial charge in [0.05, 0.1) is 16.8 Å². The van der Waals surface area contributed by atoms with Gasteiger partial charge < -0.3 is 4.74 Å². The highest BCUT2D eigenvalue weighted by molar-refractivity contribution is 6.07. The fourth-order valence-corrected chi connectivity index (χ4v) is 4.32. The molecule has 1 aliphatic rings. The second kappa shape index (κ2) is 10.0. The van der Waals surface area contributed by atoms with Crippen LogP contribution in [0.3, 0.4) is 0 Å². The normalized spacial score (nSPS) is 14.8. The van der Waals surface area contributed by atoms with Crippen molar-refractivity contribution in [2.24, 2.45) is 0 Å². The molecule has 7 nitrogen and oxygen atoms in total. The highest BCUT2D eigenvalue weighted by atomic mass is 19.1. The van der Waals surface area contributed by atoms with Crippen LogP contribution in [0.5, 0.6) is 0 Å². The lowest BCUT2D eigenvalue weighted by Crippen LogP contribution is -2.31. The monoisotopic (exact) mass is 482 g/mol. The molecule has 0 spiro atoms. The van der Waals surface area contributed by atoms with Gasteiger partial charge in [-0.05, 0) is 73.2 Å². The second-order valence-electron chi connectivity index (χ2n) is 8.51. The molecule has 2 aromatic heterocycles. The molecule has 1 N–H and O–H groups in total. The van der Waals surface area contributed by atoms with Crippen LogP contribution in [-0.4, -0.2) is 32.9 Å². The molecule has 1 amide bonds. The molecule has 1 unspecified atom stereocenters. The lowest BCUT2D eigenvalue weighted by molar-refractivity contribution is -0.123. The first-order valence-electron chi connectivity index (χ1n) is 11.7. The number of ether oxygens (including phenoxy) is 1. The van der Waals surface area contributed by atoms with Crippen LogP contribution in [0.25, 0.3) is 22.6 Å². The van der Waals surface area contributed by atoms with E-state index >= 15 is 0 Å². The van der Waals surface area contributed by atoms with Crippen molar-refractivity contribution in [1.82, 2.24) is 15.0 Å². The van der Waals surface area contributed by atoms with Gasteiger partial charge in [0.25, 0.3) is 5.91 Å². The summed E-state index contributed by atoms with van der Waals surface area (Å²) in [6.45, 7) is 1.51. The standard InChI is InChI=1S/C28H23FN4O3/c1-17(26(34)33-28-30-14-5-15-31-28)36-27(35)24-21-7-2-3-9-23(21)32-25-19(6-4-8-22(24)25)16-18-10-12-20(29)13-11-18/h2-3,5,7,9-17H,4,6,8H2,1H3,(H,30,31,33,34). The van der Waals surface area contributed by atoms with E-state index in [0.717, 1.165) is 35.2 Å². The summed E-state index contributed by atoms with van der Waals surface area (Å²) in [7, 11) is 0. The maximum atomic E-state index is 13.5. The quantitative estimate of drug-likeness (QED) is 0.392. The summed E-state index contributed by atoms with van der Waals surface area (Å²) in [5.41, 5.74) is 4.41. The number of pyridine rings is 1. The molecule has 0 fully saturated rings. The van der Waals surface area contributed by atoms with E-state index in [1.54, 1.807) is 18.2 Å². The van der Waals surface area contributed by atoms with Crippen LogP contribution in [0.1, 0.15) is 46.9 Å². The Morgan fingerprint density at radius 1 is 1.03 bits per heavy atom. The minimum atomic E-state index is -1.07. The van der Waals surface area contributed by atoms with Gasteiger partial charge in [0.2, 0.25) is 5.95 Å². The van der Waals surface area contributed by atoms with Crippen molar-refractivity contribution in [3.63, 3.8) is 0 Å². The van der Waals surface area contributed by atoms with Gasteiger partial charge >= 0.3 is 5.97 Å². The van der Waals surface area contributed by atoms with E-state index in [1.165, 1.54) is 31.5 Å². The van der Waals surface area contributed by atoms with Crippen molar-refractivity contribution < 1.29 is 18.7 Å². The number of benzene rings is 2. The van der Waals surface area contributed by atoms with Gasteiger partial charge in [-0.1, -0.05) is 30.3 Å². The summed E-state index contributed by atoms with van der Waals surface area (Å²) in [5.74, 6) is -1.29. The molecule has 2 heterocycles. The summed E-state index contributed by atoms with van der Waals surface area (Å²) in [6.07, 6.45) is 6.17. The van der Waals surface area contributed by atoms with Crippen LogP contribution in [0.15, 0.2) is 67.0 Å². The molecule has 1 aliphatic carbocycles. The predicted octanol–water partition coefficient (Wildman–Crippen LogP) is 5.22. The van der Waals surface area contributed by atoms with Gasteiger partial charge in [0, 0.05) is 17.8 Å². The summed E-state index contributed by atoms with van der Waals surface area (Å²) in [4.78, 5) is 38.9. The van der Waals surface area contributed by atoms with Crippen molar-refractivity contribution in [3.05, 3.63) is 95.2 Å². The van der Waals surface area contributed by atoms with Crippen molar-refractivity contribution in [2.75, 3.05) is 5.32 Å². The molecule has 1 atom stereocenters. The van der Waals surface area contributed by atoms with E-state index in [-0.39, 0.29) is 11.8 Å². The van der Waals surface area contributed by atoms with Crippen molar-refractivity contribution >= 4 is 40.4 Å². The highest BCUT2D eigenvalue weighted by Gasteiger charge is 2.28. The molecule has 0 aliphatic heterocycles. The first kappa shape index (κ1) is 23.3. The van der Waals surface area contributed by atoms with Crippen LogP contribution in [0, 0.1) is 5.82 Å². The molecule has 36 heavy (non-hydrogen) atoms. The van der Waals surface area contributed by atoms with E-state index in [9.17, 15) is 14.0 Å². The van der Waals surface area contributed by atoms with Crippen molar-refractivity contribution in [2.45, 2.75) is 32.3 Å². The number of anilines is 1. The smallest absolute Gasteiger partial charge is 0.339 e. The first-order chi connectivity index (χ1) is 17.5. The fourth-order valence-electron chi connectivity index (χ4n) is 4.32. The topological polar surface area (TPSA) is 94.1 Å². The van der Waals surface area contributed by atoms with Crippen molar-refractivity contribution in [3.8, 4) is 0 Å². The Hall–Kier alpha value is -4.46. The van der Waals surface area contributed by atoms with Gasteiger partial charge in [-0.15, -0.1) is 0 Å². The third-order valence-corrected chi connectivity index (χ3v) is 6.04. The minimum absolute atomic E-state index is 0.132. The third kappa shape index (κ3) is 4.84. The number of allylic oxidation sites excluding steroid dienone is 1. The van der Waals surface area contributed by atoms with E-state index in [4.69, 9.17) is 9.72 Å². The largest absolute Gasteiger partial charge is 0.449 e. The molecule has 0 saturated carbocycles. The number of para-hydroxylation sites is 1. The molecule has 180 valence electrons. The van der Waals surface area contributed by atoms with Crippen LogP contribution in [0.2, 0.25) is 0 Å². The Morgan fingerprint density at radius 3 is 2.56 bits per heavy atom. The molecule has 2 aromatic carbocycles. The van der Waals surface area contributed by atoms with Gasteiger partial charge in [-0.25, -0.2) is 24.1 Å². The number of halogens is 1. The molecular formula is C28H23FN4O3. The molecule has 5 rings (SSSR count). The van der Waals surface area contributed by atoms with E-state index < -0.39 is 18.0 Å². The predicted molar refractivity (Wildman–Crippen MR) is 134 cm³/mol. The second-order valence-corrected chi connectivity index (χ2v) is 8.51. The summed E-state index contributed by atoms with van der Waals surface area (Å²) in [5, 5.41) is 3.22. The summed E-state index contributed by atoms with van der Waals surface area (Å²) in [6, 6.07) is 15.3. The maximum absolute atomic E-state index is 13.5. The Labute approximate surface area is 207 Å². The maximum Gasteiger partial charge on any atom is 0.339 e. The van der Waals surface area contributed by atoms with Crippen LogP contribution in [-0.2, 0) is 16.0 Å². The van der Waals surface area contributed by atoms with Crippen LogP contribution in [0.4, 0.5) is 10.3 Å². The average molecular weight is 483 g/mol. The lowest BCUT2D eigenvalue weighted by atomic mass is 9.86. The number of nitrogens with one attached hydrogen (secondary N) is 1. The fraction of sp³-hybridized carbons (Fsp3) is 0.179. The molecular weight excluding hydrogens is 459 g/mol. The zero-order chi connectivity index (χ0) is 25.1. The number of carbonyl (C=O) groups is 2. The number of amides is 1.